The van der Waals surface area contributed by atoms with Crippen molar-refractivity contribution in [1.82, 2.24) is 40.0 Å². The van der Waals surface area contributed by atoms with E-state index in [1.807, 2.05) is 21.7 Å². The highest BCUT2D eigenvalue weighted by molar-refractivity contribution is 5.57. The fourth-order valence-corrected chi connectivity index (χ4v) is 3.94. The Morgan fingerprint density at radius 3 is 3.00 bits per heavy atom. The molecule has 10 nitrogen and oxygen atoms in total. The van der Waals surface area contributed by atoms with Gasteiger partial charge in [0, 0.05) is 31.1 Å². The predicted octanol–water partition coefficient (Wildman–Crippen LogP) is 2.36. The van der Waals surface area contributed by atoms with Crippen LogP contribution in [0.25, 0.3) is 17.1 Å². The van der Waals surface area contributed by atoms with Gasteiger partial charge < -0.3 is 14.3 Å². The van der Waals surface area contributed by atoms with E-state index >= 15 is 0 Å². The van der Waals surface area contributed by atoms with Crippen molar-refractivity contribution in [3.05, 3.63) is 71.7 Å². The number of aryl methyl sites for hydroxylation is 1. The normalized spacial score (nSPS) is 16.2. The smallest absolute Gasteiger partial charge is 0.319 e. The van der Waals surface area contributed by atoms with Gasteiger partial charge in [0.2, 0.25) is 0 Å². The molecule has 6 heterocycles. The number of imidazole rings is 1. The fourth-order valence-electron chi connectivity index (χ4n) is 3.94. The van der Waals surface area contributed by atoms with E-state index in [0.717, 1.165) is 34.6 Å². The Bertz CT molecular complexity index is 1340. The van der Waals surface area contributed by atoms with Gasteiger partial charge in [-0.05, 0) is 36.8 Å². The number of pyridine rings is 1. The van der Waals surface area contributed by atoms with Gasteiger partial charge in [0.05, 0.1) is 23.2 Å². The summed E-state index contributed by atoms with van der Waals surface area (Å²) >= 11 is 0. The van der Waals surface area contributed by atoms with Crippen molar-refractivity contribution in [2.24, 2.45) is 0 Å². The fraction of sp³-hybridized carbons (Fsp3) is 0.200. The summed E-state index contributed by atoms with van der Waals surface area (Å²) in [5, 5.41) is 21.2. The number of rotatable bonds is 3. The number of anilines is 1. The van der Waals surface area contributed by atoms with Crippen LogP contribution < -0.4 is 4.90 Å². The lowest BCUT2D eigenvalue weighted by atomic mass is 10.00. The number of fused-ring (bicyclic) bond motifs is 2. The van der Waals surface area contributed by atoms with Crippen LogP contribution in [0.15, 0.2) is 53.5 Å². The standard InChI is InChI=1S/C20H17N9O/c1-12-4-3-8-29-16(12)10-15(27-29)18-17-13(21-11-22-17)6-9-28(18)20-26-25-19(30-20)14-5-2-7-23-24-14/h2-5,7-8,10-11,18H,6,9H2,1H3,(H,21,22). The molecule has 6 rings (SSSR count). The molecule has 1 aliphatic heterocycles. The van der Waals surface area contributed by atoms with E-state index in [2.05, 4.69) is 49.4 Å². The van der Waals surface area contributed by atoms with E-state index in [9.17, 15) is 0 Å². The zero-order valence-electron chi connectivity index (χ0n) is 16.1. The average Bonchev–Trinajstić information content (AvgIpc) is 3.52. The molecule has 10 heteroatoms. The van der Waals surface area contributed by atoms with Gasteiger partial charge in [0.15, 0.2) is 0 Å². The minimum atomic E-state index is -0.241. The van der Waals surface area contributed by atoms with Gasteiger partial charge in [-0.15, -0.1) is 10.2 Å². The molecule has 1 unspecified atom stereocenters. The highest BCUT2D eigenvalue weighted by atomic mass is 16.4. The van der Waals surface area contributed by atoms with Gasteiger partial charge >= 0.3 is 6.01 Å². The average molecular weight is 399 g/mol. The molecule has 148 valence electrons. The molecule has 30 heavy (non-hydrogen) atoms. The topological polar surface area (TPSA) is 114 Å². The largest absolute Gasteiger partial charge is 0.401 e. The molecule has 0 spiro atoms. The van der Waals surface area contributed by atoms with Crippen LogP contribution in [-0.2, 0) is 6.42 Å². The molecule has 0 bridgehead atoms. The number of aromatic amines is 1. The van der Waals surface area contributed by atoms with Gasteiger partial charge in [-0.1, -0.05) is 11.2 Å². The first kappa shape index (κ1) is 16.8. The third-order valence-electron chi connectivity index (χ3n) is 5.39. The highest BCUT2D eigenvalue weighted by Crippen LogP contribution is 2.37. The van der Waals surface area contributed by atoms with E-state index in [4.69, 9.17) is 9.52 Å². The Morgan fingerprint density at radius 1 is 1.17 bits per heavy atom. The Morgan fingerprint density at radius 2 is 2.13 bits per heavy atom. The maximum absolute atomic E-state index is 5.98. The van der Waals surface area contributed by atoms with Gasteiger partial charge in [-0.2, -0.15) is 10.2 Å². The predicted molar refractivity (Wildman–Crippen MR) is 107 cm³/mol. The lowest BCUT2D eigenvalue weighted by Crippen LogP contribution is -2.36. The Hall–Kier alpha value is -4.08. The van der Waals surface area contributed by atoms with Gasteiger partial charge in [-0.3, -0.25) is 0 Å². The molecular weight excluding hydrogens is 382 g/mol. The summed E-state index contributed by atoms with van der Waals surface area (Å²) in [6.07, 6.45) is 6.07. The number of nitrogens with one attached hydrogen (secondary N) is 1. The van der Waals surface area contributed by atoms with Crippen molar-refractivity contribution in [3.8, 4) is 11.6 Å². The second-order valence-electron chi connectivity index (χ2n) is 7.20. The summed E-state index contributed by atoms with van der Waals surface area (Å²) in [7, 11) is 0. The minimum absolute atomic E-state index is 0.241. The molecule has 0 fully saturated rings. The van der Waals surface area contributed by atoms with Crippen LogP contribution in [0.1, 0.15) is 28.7 Å². The quantitative estimate of drug-likeness (QED) is 0.492. The monoisotopic (exact) mass is 399 g/mol. The zero-order chi connectivity index (χ0) is 20.1. The Labute approximate surface area is 170 Å². The molecular formula is C20H17N9O. The third-order valence-corrected chi connectivity index (χ3v) is 5.39. The van der Waals surface area contributed by atoms with E-state index in [1.165, 1.54) is 0 Å². The molecule has 0 aromatic carbocycles. The zero-order valence-corrected chi connectivity index (χ0v) is 16.1. The van der Waals surface area contributed by atoms with E-state index < -0.39 is 0 Å². The van der Waals surface area contributed by atoms with Crippen LogP contribution in [0.5, 0.6) is 0 Å². The second kappa shape index (κ2) is 6.48. The maximum atomic E-state index is 5.98. The van der Waals surface area contributed by atoms with E-state index in [1.54, 1.807) is 24.7 Å². The Balaban J connectivity index is 1.46. The van der Waals surface area contributed by atoms with Gasteiger partial charge in [0.25, 0.3) is 5.89 Å². The third kappa shape index (κ3) is 2.57. The molecule has 5 aromatic rings. The van der Waals surface area contributed by atoms with Gasteiger partial charge in [0.1, 0.15) is 11.7 Å². The molecule has 0 aliphatic carbocycles. The van der Waals surface area contributed by atoms with Crippen LogP contribution >= 0.6 is 0 Å². The first-order valence-electron chi connectivity index (χ1n) is 9.63. The number of hydrogen-bond acceptors (Lipinski definition) is 8. The summed E-state index contributed by atoms with van der Waals surface area (Å²) in [6.45, 7) is 2.76. The molecule has 1 atom stereocenters. The summed E-state index contributed by atoms with van der Waals surface area (Å²) in [4.78, 5) is 9.89. The van der Waals surface area contributed by atoms with Crippen molar-refractivity contribution < 1.29 is 4.42 Å². The molecule has 5 aromatic heterocycles. The first-order valence-corrected chi connectivity index (χ1v) is 9.63. The number of hydrogen-bond donors (Lipinski definition) is 1. The van der Waals surface area contributed by atoms with Crippen LogP contribution in [0.3, 0.4) is 0 Å². The summed E-state index contributed by atoms with van der Waals surface area (Å²) in [5.74, 6) is 0.329. The van der Waals surface area contributed by atoms with E-state index in [-0.39, 0.29) is 6.04 Å². The number of nitrogens with zero attached hydrogens (tertiary/aromatic N) is 8. The molecule has 0 saturated carbocycles. The second-order valence-corrected chi connectivity index (χ2v) is 7.20. The van der Waals surface area contributed by atoms with Crippen molar-refractivity contribution in [2.75, 3.05) is 11.4 Å². The van der Waals surface area contributed by atoms with Crippen LogP contribution in [0.2, 0.25) is 0 Å². The molecule has 0 amide bonds. The number of aromatic nitrogens is 8. The van der Waals surface area contributed by atoms with Crippen molar-refractivity contribution in [1.29, 1.82) is 0 Å². The molecule has 0 radical (unpaired) electrons. The van der Waals surface area contributed by atoms with Crippen molar-refractivity contribution in [2.45, 2.75) is 19.4 Å². The highest BCUT2D eigenvalue weighted by Gasteiger charge is 2.36. The van der Waals surface area contributed by atoms with Crippen molar-refractivity contribution in [3.63, 3.8) is 0 Å². The van der Waals surface area contributed by atoms with Crippen LogP contribution in [0.4, 0.5) is 6.01 Å². The van der Waals surface area contributed by atoms with Crippen molar-refractivity contribution >= 4 is 11.5 Å². The summed E-state index contributed by atoms with van der Waals surface area (Å²) < 4.78 is 7.87. The van der Waals surface area contributed by atoms with Gasteiger partial charge in [-0.25, -0.2) is 9.50 Å². The van der Waals surface area contributed by atoms with Crippen LogP contribution in [0, 0.1) is 6.92 Å². The number of H-pyrrole nitrogens is 1. The first-order chi connectivity index (χ1) is 14.8. The lowest BCUT2D eigenvalue weighted by Gasteiger charge is -2.32. The lowest BCUT2D eigenvalue weighted by molar-refractivity contribution is 0.502. The SMILES string of the molecule is Cc1cccn2nc(C3c4nc[nH]c4CCN3c3nnc(-c4cccnn4)o3)cc12. The molecule has 1 aliphatic rings. The molecule has 0 saturated heterocycles. The van der Waals surface area contributed by atoms with Crippen LogP contribution in [-0.4, -0.2) is 46.5 Å². The summed E-state index contributed by atoms with van der Waals surface area (Å²) in [5.41, 5.74) is 5.63. The minimum Gasteiger partial charge on any atom is -0.401 e. The summed E-state index contributed by atoms with van der Waals surface area (Å²) in [6, 6.07) is 9.89. The Kier molecular flexibility index (Phi) is 3.63. The maximum Gasteiger partial charge on any atom is 0.319 e. The molecule has 1 N–H and O–H groups in total. The van der Waals surface area contributed by atoms with E-state index in [0.29, 0.717) is 24.1 Å².